The number of carbonyl (C=O) groups is 1. The molecule has 148 valence electrons. The van der Waals surface area contributed by atoms with Crippen LogP contribution < -0.4 is 10.1 Å². The van der Waals surface area contributed by atoms with Gasteiger partial charge in [0.05, 0.1) is 11.7 Å². The van der Waals surface area contributed by atoms with Gasteiger partial charge in [-0.3, -0.25) is 0 Å². The van der Waals surface area contributed by atoms with Gasteiger partial charge in [-0.1, -0.05) is 19.9 Å². The van der Waals surface area contributed by atoms with Gasteiger partial charge in [0.15, 0.2) is 5.65 Å². The Bertz CT molecular complexity index is 983. The highest BCUT2D eigenvalue weighted by Crippen LogP contribution is 2.29. The molecular formula is C21H26N4O3. The Balaban J connectivity index is 1.79. The molecule has 0 bridgehead atoms. The van der Waals surface area contributed by atoms with Gasteiger partial charge in [-0.05, 0) is 55.5 Å². The second-order valence-corrected chi connectivity index (χ2v) is 7.80. The van der Waals surface area contributed by atoms with Crippen LogP contribution in [0, 0.1) is 12.8 Å². The van der Waals surface area contributed by atoms with Crippen LogP contribution in [0.5, 0.6) is 5.75 Å². The lowest BCUT2D eigenvalue weighted by Gasteiger charge is -2.31. The molecule has 2 aromatic heterocycles. The largest absolute Gasteiger partial charge is 0.491 e. The fourth-order valence-electron chi connectivity index (χ4n) is 3.55. The van der Waals surface area contributed by atoms with Crippen LogP contribution in [0.1, 0.15) is 32.8 Å². The number of aryl methyl sites for hydroxylation is 1. The van der Waals surface area contributed by atoms with E-state index in [1.165, 1.54) is 0 Å². The molecule has 7 heteroatoms. The molecule has 0 radical (unpaired) electrons. The maximum atomic E-state index is 11.2. The molecule has 0 aliphatic heterocycles. The van der Waals surface area contributed by atoms with Gasteiger partial charge in [0.1, 0.15) is 12.4 Å². The van der Waals surface area contributed by atoms with E-state index in [0.717, 1.165) is 28.1 Å². The summed E-state index contributed by atoms with van der Waals surface area (Å²) in [5.74, 6) is 1.07. The van der Waals surface area contributed by atoms with E-state index in [4.69, 9.17) is 9.84 Å². The Kier molecular flexibility index (Phi) is 5.53. The standard InChI is InChI=1S/C21H26N4O3/c1-14(2)11-21(4,24-20(26)27)13-28-18-7-6-16(10-15(18)3)17-12-23-25-9-5-8-22-19(17)25/h5-10,12,14,24H,11,13H2,1-4H3,(H,26,27). The molecule has 0 saturated heterocycles. The third-order valence-corrected chi connectivity index (χ3v) is 4.58. The Morgan fingerprint density at radius 1 is 1.39 bits per heavy atom. The fourth-order valence-corrected chi connectivity index (χ4v) is 3.55. The molecule has 1 atom stereocenters. The van der Waals surface area contributed by atoms with Crippen LogP contribution in [0.2, 0.25) is 0 Å². The lowest BCUT2D eigenvalue weighted by molar-refractivity contribution is 0.143. The molecule has 3 rings (SSSR count). The molecule has 3 aromatic rings. The van der Waals surface area contributed by atoms with Crippen LogP contribution in [0.15, 0.2) is 42.9 Å². The van der Waals surface area contributed by atoms with Crippen molar-refractivity contribution in [2.45, 2.75) is 39.7 Å². The van der Waals surface area contributed by atoms with E-state index in [9.17, 15) is 4.79 Å². The normalized spacial score (nSPS) is 13.5. The molecular weight excluding hydrogens is 356 g/mol. The molecule has 0 aliphatic carbocycles. The first-order valence-corrected chi connectivity index (χ1v) is 9.31. The van der Waals surface area contributed by atoms with Gasteiger partial charge in [0.2, 0.25) is 0 Å². The number of nitrogens with one attached hydrogen (secondary N) is 1. The smallest absolute Gasteiger partial charge is 0.405 e. The number of carboxylic acid groups (broad SMARTS) is 1. The SMILES string of the molecule is Cc1cc(-c2cnn3cccnc23)ccc1OCC(C)(CC(C)C)NC(=O)O. The van der Waals surface area contributed by atoms with Crippen molar-refractivity contribution < 1.29 is 14.6 Å². The number of rotatable bonds is 7. The lowest BCUT2D eigenvalue weighted by Crippen LogP contribution is -2.50. The number of amides is 1. The summed E-state index contributed by atoms with van der Waals surface area (Å²) in [5.41, 5.74) is 3.07. The van der Waals surface area contributed by atoms with Crippen molar-refractivity contribution in [1.82, 2.24) is 19.9 Å². The van der Waals surface area contributed by atoms with Crippen molar-refractivity contribution in [3.05, 3.63) is 48.4 Å². The summed E-state index contributed by atoms with van der Waals surface area (Å²) in [4.78, 5) is 15.6. The quantitative estimate of drug-likeness (QED) is 0.641. The van der Waals surface area contributed by atoms with Crippen LogP contribution >= 0.6 is 0 Å². The zero-order chi connectivity index (χ0) is 20.3. The predicted octanol–water partition coefficient (Wildman–Crippen LogP) is 4.16. The molecule has 0 spiro atoms. The fraction of sp³-hybridized carbons (Fsp3) is 0.381. The summed E-state index contributed by atoms with van der Waals surface area (Å²) in [6.45, 7) is 8.23. The van der Waals surface area contributed by atoms with Crippen molar-refractivity contribution in [2.75, 3.05) is 6.61 Å². The zero-order valence-corrected chi connectivity index (χ0v) is 16.6. The van der Waals surface area contributed by atoms with Crippen LogP contribution in [0.4, 0.5) is 4.79 Å². The van der Waals surface area contributed by atoms with Crippen LogP contribution in [-0.4, -0.2) is 37.9 Å². The molecule has 1 amide bonds. The van der Waals surface area contributed by atoms with Gasteiger partial charge in [0.25, 0.3) is 0 Å². The Morgan fingerprint density at radius 3 is 2.86 bits per heavy atom. The second-order valence-electron chi connectivity index (χ2n) is 7.80. The van der Waals surface area contributed by atoms with Crippen molar-refractivity contribution in [2.24, 2.45) is 5.92 Å². The Labute approximate surface area is 164 Å². The Hall–Kier alpha value is -3.09. The number of hydrogen-bond donors (Lipinski definition) is 2. The first-order chi connectivity index (χ1) is 13.3. The van der Waals surface area contributed by atoms with Crippen molar-refractivity contribution in [3.8, 4) is 16.9 Å². The van der Waals surface area contributed by atoms with Gasteiger partial charge in [0, 0.05) is 18.0 Å². The summed E-state index contributed by atoms with van der Waals surface area (Å²) in [6.07, 6.45) is 5.05. The van der Waals surface area contributed by atoms with Crippen molar-refractivity contribution >= 4 is 11.7 Å². The summed E-state index contributed by atoms with van der Waals surface area (Å²) in [5, 5.41) is 16.1. The molecule has 2 N–H and O–H groups in total. The van der Waals surface area contributed by atoms with Gasteiger partial charge in [-0.25, -0.2) is 14.3 Å². The monoisotopic (exact) mass is 382 g/mol. The first kappa shape index (κ1) is 19.7. The highest BCUT2D eigenvalue weighted by atomic mass is 16.5. The minimum atomic E-state index is -1.04. The van der Waals surface area contributed by atoms with Gasteiger partial charge >= 0.3 is 6.09 Å². The van der Waals surface area contributed by atoms with E-state index in [-0.39, 0.29) is 6.61 Å². The zero-order valence-electron chi connectivity index (χ0n) is 16.6. The topological polar surface area (TPSA) is 88.8 Å². The summed E-state index contributed by atoms with van der Waals surface area (Å²) >= 11 is 0. The number of aromatic nitrogens is 3. The molecule has 0 fully saturated rings. The number of ether oxygens (including phenoxy) is 1. The second kappa shape index (κ2) is 7.88. The third kappa shape index (κ3) is 4.42. The molecule has 1 unspecified atom stereocenters. The van der Waals surface area contributed by atoms with E-state index >= 15 is 0 Å². The van der Waals surface area contributed by atoms with E-state index in [0.29, 0.717) is 12.3 Å². The van der Waals surface area contributed by atoms with E-state index in [2.05, 4.69) is 29.2 Å². The summed E-state index contributed by atoms with van der Waals surface area (Å²) in [6, 6.07) is 7.75. The molecule has 1 aromatic carbocycles. The van der Waals surface area contributed by atoms with Crippen molar-refractivity contribution in [1.29, 1.82) is 0 Å². The van der Waals surface area contributed by atoms with Crippen LogP contribution in [0.25, 0.3) is 16.8 Å². The average molecular weight is 382 g/mol. The molecule has 0 saturated carbocycles. The average Bonchev–Trinajstić information content (AvgIpc) is 3.03. The van der Waals surface area contributed by atoms with Gasteiger partial charge < -0.3 is 15.2 Å². The number of nitrogens with zero attached hydrogens (tertiary/aromatic N) is 3. The molecule has 28 heavy (non-hydrogen) atoms. The number of hydrogen-bond acceptors (Lipinski definition) is 4. The number of fused-ring (bicyclic) bond motifs is 1. The van der Waals surface area contributed by atoms with Crippen LogP contribution in [0.3, 0.4) is 0 Å². The van der Waals surface area contributed by atoms with Gasteiger partial charge in [-0.2, -0.15) is 5.10 Å². The molecule has 7 nitrogen and oxygen atoms in total. The third-order valence-electron chi connectivity index (χ3n) is 4.58. The minimum Gasteiger partial charge on any atom is -0.491 e. The maximum absolute atomic E-state index is 11.2. The number of benzene rings is 1. The lowest BCUT2D eigenvalue weighted by atomic mass is 9.91. The van der Waals surface area contributed by atoms with E-state index in [1.807, 2.05) is 44.3 Å². The minimum absolute atomic E-state index is 0.260. The summed E-state index contributed by atoms with van der Waals surface area (Å²) in [7, 11) is 0. The first-order valence-electron chi connectivity index (χ1n) is 9.31. The predicted molar refractivity (Wildman–Crippen MR) is 108 cm³/mol. The maximum Gasteiger partial charge on any atom is 0.405 e. The summed E-state index contributed by atoms with van der Waals surface area (Å²) < 4.78 is 7.74. The van der Waals surface area contributed by atoms with E-state index in [1.54, 1.807) is 16.9 Å². The highest BCUT2D eigenvalue weighted by Gasteiger charge is 2.28. The molecule has 2 heterocycles. The highest BCUT2D eigenvalue weighted by molar-refractivity contribution is 5.77. The van der Waals surface area contributed by atoms with Crippen molar-refractivity contribution in [3.63, 3.8) is 0 Å². The van der Waals surface area contributed by atoms with E-state index < -0.39 is 11.6 Å². The molecule has 0 aliphatic rings. The van der Waals surface area contributed by atoms with Crippen LogP contribution in [-0.2, 0) is 0 Å². The van der Waals surface area contributed by atoms with Gasteiger partial charge in [-0.15, -0.1) is 0 Å². The Morgan fingerprint density at radius 2 is 2.18 bits per heavy atom.